The largest absolute Gasteiger partial charge is 0.486 e. The van der Waals surface area contributed by atoms with Gasteiger partial charge in [0.1, 0.15) is 25.2 Å². The molecule has 0 bridgehead atoms. The molecule has 0 fully saturated rings. The molecule has 0 saturated heterocycles. The zero-order chi connectivity index (χ0) is 12.7. The predicted molar refractivity (Wildman–Crippen MR) is 70.3 cm³/mol. The Labute approximate surface area is 109 Å². The van der Waals surface area contributed by atoms with Gasteiger partial charge in [0.25, 0.3) is 0 Å². The van der Waals surface area contributed by atoms with E-state index in [0.717, 1.165) is 33.8 Å². The highest BCUT2D eigenvalue weighted by Crippen LogP contribution is 2.35. The van der Waals surface area contributed by atoms with Gasteiger partial charge in [0.2, 0.25) is 0 Å². The average Bonchev–Trinajstić information content (AvgIpc) is 2.95. The van der Waals surface area contributed by atoms with Gasteiger partial charge >= 0.3 is 0 Å². The predicted octanol–water partition coefficient (Wildman–Crippen LogP) is 2.40. The van der Waals surface area contributed by atoms with E-state index in [1.54, 1.807) is 6.33 Å². The molecule has 4 rings (SSSR count). The van der Waals surface area contributed by atoms with Gasteiger partial charge < -0.3 is 14.5 Å². The summed E-state index contributed by atoms with van der Waals surface area (Å²) >= 11 is 0. The lowest BCUT2D eigenvalue weighted by atomic mass is 10.1. The summed E-state index contributed by atoms with van der Waals surface area (Å²) in [6.45, 7) is 1.18. The lowest BCUT2D eigenvalue weighted by molar-refractivity contribution is 0.171. The number of ether oxygens (including phenoxy) is 2. The van der Waals surface area contributed by atoms with Gasteiger partial charge in [-0.05, 0) is 24.3 Å². The number of hydrogen-bond acceptors (Lipinski definition) is 4. The Morgan fingerprint density at radius 1 is 1.00 bits per heavy atom. The number of fused-ring (bicyclic) bond motifs is 2. The van der Waals surface area contributed by atoms with Crippen molar-refractivity contribution in [1.29, 1.82) is 0 Å². The maximum atomic E-state index is 5.60. The molecule has 0 unspecified atom stereocenters. The van der Waals surface area contributed by atoms with Gasteiger partial charge in [-0.2, -0.15) is 0 Å². The molecular weight excluding hydrogens is 242 g/mol. The second-order valence-electron chi connectivity index (χ2n) is 4.32. The first kappa shape index (κ1) is 10.4. The van der Waals surface area contributed by atoms with Crippen molar-refractivity contribution >= 4 is 11.0 Å². The van der Waals surface area contributed by atoms with Crippen molar-refractivity contribution in [2.45, 2.75) is 0 Å². The molecule has 1 aliphatic rings. The molecule has 0 saturated carbocycles. The molecule has 94 valence electrons. The van der Waals surface area contributed by atoms with E-state index in [0.29, 0.717) is 13.2 Å². The molecule has 0 atom stereocenters. The third kappa shape index (κ3) is 1.62. The van der Waals surface area contributed by atoms with Crippen molar-refractivity contribution in [1.82, 2.24) is 15.0 Å². The Morgan fingerprint density at radius 2 is 1.89 bits per heavy atom. The van der Waals surface area contributed by atoms with Crippen LogP contribution in [0.25, 0.3) is 22.3 Å². The quantitative estimate of drug-likeness (QED) is 0.723. The molecule has 3 aromatic rings. The average molecular weight is 253 g/mol. The lowest BCUT2D eigenvalue weighted by Crippen LogP contribution is -2.15. The smallest absolute Gasteiger partial charge is 0.162 e. The summed E-state index contributed by atoms with van der Waals surface area (Å²) in [6, 6.07) is 7.84. The second-order valence-corrected chi connectivity index (χ2v) is 4.32. The fourth-order valence-electron chi connectivity index (χ4n) is 2.29. The third-order valence-electron chi connectivity index (χ3n) is 3.17. The van der Waals surface area contributed by atoms with Crippen LogP contribution in [0.4, 0.5) is 0 Å². The van der Waals surface area contributed by atoms with E-state index in [1.807, 2.05) is 30.5 Å². The lowest BCUT2D eigenvalue weighted by Gasteiger charge is -2.18. The Hall–Kier alpha value is -2.56. The summed E-state index contributed by atoms with van der Waals surface area (Å²) in [5.41, 5.74) is 2.72. The minimum atomic E-state index is 0.583. The minimum Gasteiger partial charge on any atom is -0.486 e. The molecule has 19 heavy (non-hydrogen) atoms. The maximum Gasteiger partial charge on any atom is 0.162 e. The Morgan fingerprint density at radius 3 is 2.84 bits per heavy atom. The number of nitrogens with zero attached hydrogens (tertiary/aromatic N) is 2. The molecule has 1 aliphatic heterocycles. The first-order valence-electron chi connectivity index (χ1n) is 6.10. The number of benzene rings is 1. The Balaban J connectivity index is 1.90. The normalized spacial score (nSPS) is 13.7. The number of hydrogen-bond donors (Lipinski definition) is 1. The van der Waals surface area contributed by atoms with Gasteiger partial charge in [-0.3, -0.25) is 0 Å². The number of aromatic amines is 1. The summed E-state index contributed by atoms with van der Waals surface area (Å²) in [5, 5.41) is 0.999. The number of aromatic nitrogens is 3. The summed E-state index contributed by atoms with van der Waals surface area (Å²) in [7, 11) is 0. The van der Waals surface area contributed by atoms with Gasteiger partial charge in [-0.15, -0.1) is 0 Å². The minimum absolute atomic E-state index is 0.583. The zero-order valence-corrected chi connectivity index (χ0v) is 10.1. The van der Waals surface area contributed by atoms with Crippen LogP contribution < -0.4 is 9.47 Å². The van der Waals surface area contributed by atoms with E-state index in [-0.39, 0.29) is 0 Å². The fourth-order valence-corrected chi connectivity index (χ4v) is 2.29. The third-order valence-corrected chi connectivity index (χ3v) is 3.17. The van der Waals surface area contributed by atoms with Gasteiger partial charge in [0.15, 0.2) is 11.5 Å². The fraction of sp³-hybridized carbons (Fsp3) is 0.143. The van der Waals surface area contributed by atoms with Crippen LogP contribution in [0.15, 0.2) is 36.8 Å². The molecule has 5 nitrogen and oxygen atoms in total. The molecule has 1 aromatic carbocycles. The summed E-state index contributed by atoms with van der Waals surface area (Å²) in [6.07, 6.45) is 3.42. The molecular formula is C14H11N3O2. The molecule has 0 amide bonds. The monoisotopic (exact) mass is 253 g/mol. The zero-order valence-electron chi connectivity index (χ0n) is 10.1. The second kappa shape index (κ2) is 3.98. The van der Waals surface area contributed by atoms with Gasteiger partial charge in [0, 0.05) is 17.1 Å². The van der Waals surface area contributed by atoms with Gasteiger partial charge in [-0.1, -0.05) is 0 Å². The standard InChI is InChI=1S/C14H11N3O2/c1-2-11-12(19-6-5-18-11)7-9(1)13-10-3-4-15-14(10)17-8-16-13/h1-4,7-8H,5-6H2,(H,15,16,17). The van der Waals surface area contributed by atoms with Crippen molar-refractivity contribution in [3.63, 3.8) is 0 Å². The van der Waals surface area contributed by atoms with Gasteiger partial charge in [0.05, 0.1) is 5.69 Å². The topological polar surface area (TPSA) is 60.0 Å². The number of H-pyrrole nitrogens is 1. The summed E-state index contributed by atoms with van der Waals surface area (Å²) in [4.78, 5) is 11.6. The summed E-state index contributed by atoms with van der Waals surface area (Å²) in [5.74, 6) is 1.56. The highest BCUT2D eigenvalue weighted by Gasteiger charge is 2.14. The van der Waals surface area contributed by atoms with Crippen molar-refractivity contribution in [2.24, 2.45) is 0 Å². The highest BCUT2D eigenvalue weighted by molar-refractivity contribution is 5.90. The molecule has 2 aromatic heterocycles. The van der Waals surface area contributed by atoms with Crippen LogP contribution >= 0.6 is 0 Å². The maximum absolute atomic E-state index is 5.60. The Bertz CT molecular complexity index is 751. The summed E-state index contributed by atoms with van der Waals surface area (Å²) < 4.78 is 11.1. The van der Waals surface area contributed by atoms with Crippen LogP contribution in [0.1, 0.15) is 0 Å². The van der Waals surface area contributed by atoms with Crippen LogP contribution in [-0.2, 0) is 0 Å². The van der Waals surface area contributed by atoms with Crippen LogP contribution in [0.5, 0.6) is 11.5 Å². The van der Waals surface area contributed by atoms with Gasteiger partial charge in [-0.25, -0.2) is 9.97 Å². The van der Waals surface area contributed by atoms with Crippen molar-refractivity contribution in [2.75, 3.05) is 13.2 Å². The van der Waals surface area contributed by atoms with Crippen LogP contribution in [0.3, 0.4) is 0 Å². The van der Waals surface area contributed by atoms with E-state index < -0.39 is 0 Å². The van der Waals surface area contributed by atoms with Crippen LogP contribution in [0, 0.1) is 0 Å². The first-order valence-corrected chi connectivity index (χ1v) is 6.10. The molecule has 5 heteroatoms. The van der Waals surface area contributed by atoms with Crippen molar-refractivity contribution in [3.05, 3.63) is 36.8 Å². The van der Waals surface area contributed by atoms with E-state index in [4.69, 9.17) is 9.47 Å². The highest BCUT2D eigenvalue weighted by atomic mass is 16.6. The number of nitrogens with one attached hydrogen (secondary N) is 1. The van der Waals surface area contributed by atoms with Crippen molar-refractivity contribution in [3.8, 4) is 22.8 Å². The SMILES string of the molecule is c1nc(-c2ccc3c(c2)OCCO3)c2cc[nH]c2n1. The van der Waals surface area contributed by atoms with E-state index in [2.05, 4.69) is 15.0 Å². The molecule has 0 radical (unpaired) electrons. The first-order chi connectivity index (χ1) is 9.42. The molecule has 0 spiro atoms. The van der Waals surface area contributed by atoms with Crippen LogP contribution in [0.2, 0.25) is 0 Å². The van der Waals surface area contributed by atoms with E-state index in [9.17, 15) is 0 Å². The van der Waals surface area contributed by atoms with E-state index in [1.165, 1.54) is 0 Å². The van der Waals surface area contributed by atoms with Crippen LogP contribution in [-0.4, -0.2) is 28.2 Å². The molecule has 0 aliphatic carbocycles. The number of rotatable bonds is 1. The molecule has 3 heterocycles. The molecule has 1 N–H and O–H groups in total. The van der Waals surface area contributed by atoms with Crippen molar-refractivity contribution < 1.29 is 9.47 Å². The Kier molecular flexibility index (Phi) is 2.17. The van der Waals surface area contributed by atoms with E-state index >= 15 is 0 Å².